The first-order valence-corrected chi connectivity index (χ1v) is 22.2. The number of fused-ring (bicyclic) bond motifs is 4. The SMILES string of the molecule is Cc1sc2c(c1C)C(c1ccc(Cl)cc1)=N[C@H](CC(=O)Nc1ccc(OCCOCCOCCOCC=Nc3cccc4c3CN(C3CCC(=O)NC3=O)C4=O)cc1)c1nnc(C)n1-2. The fourth-order valence-electron chi connectivity index (χ4n) is 7.77. The fraction of sp³-hybridized carbons (Fsp3) is 0.348. The number of carbonyl (C=O) groups excluding carboxylic acids is 4. The molecule has 2 atom stereocenters. The monoisotopic (exact) mass is 906 g/mol. The van der Waals surface area contributed by atoms with E-state index >= 15 is 0 Å². The number of halogens is 1. The molecule has 8 rings (SSSR count). The van der Waals surface area contributed by atoms with Crippen LogP contribution in [0.1, 0.15) is 74.4 Å². The van der Waals surface area contributed by atoms with E-state index in [2.05, 4.69) is 39.7 Å². The third-order valence-electron chi connectivity index (χ3n) is 11.1. The van der Waals surface area contributed by atoms with Crippen molar-refractivity contribution in [2.24, 2.45) is 9.98 Å². The number of aryl methyl sites for hydroxylation is 2. The van der Waals surface area contributed by atoms with E-state index in [1.165, 1.54) is 9.78 Å². The molecule has 18 heteroatoms. The zero-order valence-electron chi connectivity index (χ0n) is 35.6. The fourth-order valence-corrected chi connectivity index (χ4v) is 9.11. The smallest absolute Gasteiger partial charge is 0.255 e. The van der Waals surface area contributed by atoms with Crippen molar-refractivity contribution >= 4 is 69.9 Å². The van der Waals surface area contributed by atoms with E-state index < -0.39 is 18.0 Å². The number of amides is 4. The number of thiophene rings is 1. The first kappa shape index (κ1) is 44.5. The third-order valence-corrected chi connectivity index (χ3v) is 12.5. The third kappa shape index (κ3) is 9.98. The standard InChI is InChI=1S/C46H47ClN8O8S/c1-27-28(2)64-46-41(27)42(30-7-9-31(47)10-8-30)50-37(43-53-52-29(3)55(43)46)25-40(57)49-32-11-13-33(14-12-32)63-24-23-62-22-21-61-20-19-60-18-17-48-36-6-4-5-34-35(36)26-54(45(34)59)38-15-16-39(56)51-44(38)58/h4-14,17,37-38H,15-16,18-26H2,1-3H3,(H,49,57)(H,51,56,58)/t37-,38?/m1/s1. The Morgan fingerprint density at radius 1 is 0.938 bits per heavy atom. The summed E-state index contributed by atoms with van der Waals surface area (Å²) in [6.45, 7) is 8.81. The van der Waals surface area contributed by atoms with Crippen molar-refractivity contribution in [2.75, 3.05) is 51.6 Å². The van der Waals surface area contributed by atoms with Gasteiger partial charge in [0.05, 0.1) is 57.5 Å². The molecule has 4 amide bonds. The minimum absolute atomic E-state index is 0.0572. The Hall–Kier alpha value is -6.11. The summed E-state index contributed by atoms with van der Waals surface area (Å²) in [5.74, 6) is 0.753. The van der Waals surface area contributed by atoms with Crippen LogP contribution in [0.4, 0.5) is 11.4 Å². The van der Waals surface area contributed by atoms with E-state index in [9.17, 15) is 19.2 Å². The van der Waals surface area contributed by atoms with Gasteiger partial charge < -0.3 is 29.2 Å². The maximum absolute atomic E-state index is 13.5. The molecule has 1 saturated heterocycles. The van der Waals surface area contributed by atoms with Gasteiger partial charge in [-0.2, -0.15) is 0 Å². The maximum atomic E-state index is 13.5. The summed E-state index contributed by atoms with van der Waals surface area (Å²) in [7, 11) is 0. The zero-order valence-corrected chi connectivity index (χ0v) is 37.2. The zero-order chi connectivity index (χ0) is 44.7. The number of ether oxygens (including phenoxy) is 4. The lowest BCUT2D eigenvalue weighted by Crippen LogP contribution is -2.52. The van der Waals surface area contributed by atoms with Crippen LogP contribution >= 0.6 is 22.9 Å². The van der Waals surface area contributed by atoms with Gasteiger partial charge in [-0.3, -0.25) is 39.0 Å². The van der Waals surface area contributed by atoms with Crippen molar-refractivity contribution in [3.05, 3.63) is 116 Å². The molecular formula is C46H47ClN8O8S. The van der Waals surface area contributed by atoms with Gasteiger partial charge >= 0.3 is 0 Å². The van der Waals surface area contributed by atoms with Crippen LogP contribution in [0.2, 0.25) is 5.02 Å². The van der Waals surface area contributed by atoms with E-state index in [1.54, 1.807) is 53.9 Å². The van der Waals surface area contributed by atoms with E-state index in [0.29, 0.717) is 79.6 Å². The minimum atomic E-state index is -0.678. The Balaban J connectivity index is 0.723. The molecule has 5 aromatic rings. The maximum Gasteiger partial charge on any atom is 0.255 e. The Morgan fingerprint density at radius 3 is 2.42 bits per heavy atom. The molecule has 332 valence electrons. The number of piperidine rings is 1. The number of nitrogens with zero attached hydrogens (tertiary/aromatic N) is 6. The number of benzene rings is 3. The Kier molecular flexibility index (Phi) is 14.0. The molecule has 0 radical (unpaired) electrons. The van der Waals surface area contributed by atoms with Crippen molar-refractivity contribution < 1.29 is 38.1 Å². The highest BCUT2D eigenvalue weighted by Gasteiger charge is 2.40. The van der Waals surface area contributed by atoms with E-state index in [1.807, 2.05) is 41.8 Å². The summed E-state index contributed by atoms with van der Waals surface area (Å²) in [6, 6.07) is 18.8. The molecule has 0 spiro atoms. The highest BCUT2D eigenvalue weighted by atomic mass is 35.5. The van der Waals surface area contributed by atoms with Crippen LogP contribution in [0, 0.1) is 20.8 Å². The lowest BCUT2D eigenvalue weighted by Gasteiger charge is -2.29. The highest BCUT2D eigenvalue weighted by molar-refractivity contribution is 7.15. The largest absolute Gasteiger partial charge is 0.491 e. The molecule has 3 aromatic carbocycles. The molecule has 1 unspecified atom stereocenters. The summed E-state index contributed by atoms with van der Waals surface area (Å²) in [6.07, 6.45) is 2.19. The molecule has 64 heavy (non-hydrogen) atoms. The molecule has 3 aliphatic rings. The van der Waals surface area contributed by atoms with E-state index in [4.69, 9.17) is 35.5 Å². The average Bonchev–Trinajstić information content (AvgIpc) is 3.90. The quantitative estimate of drug-likeness (QED) is 0.0565. The van der Waals surface area contributed by atoms with Gasteiger partial charge in [-0.05, 0) is 81.3 Å². The number of aliphatic imine (C=N–C) groups is 2. The van der Waals surface area contributed by atoms with Crippen LogP contribution in [0.25, 0.3) is 5.00 Å². The van der Waals surface area contributed by atoms with Gasteiger partial charge in [-0.25, -0.2) is 0 Å². The number of hydrogen-bond donors (Lipinski definition) is 2. The molecular weight excluding hydrogens is 860 g/mol. The second-order valence-corrected chi connectivity index (χ2v) is 17.0. The lowest BCUT2D eigenvalue weighted by atomic mass is 9.99. The molecule has 0 bridgehead atoms. The van der Waals surface area contributed by atoms with E-state index in [0.717, 1.165) is 38.8 Å². The average molecular weight is 907 g/mol. The van der Waals surface area contributed by atoms with Gasteiger partial charge in [-0.15, -0.1) is 21.5 Å². The Morgan fingerprint density at radius 2 is 1.67 bits per heavy atom. The number of rotatable bonds is 18. The molecule has 1 fully saturated rings. The van der Waals surface area contributed by atoms with Crippen molar-refractivity contribution in [2.45, 2.75) is 58.7 Å². The van der Waals surface area contributed by atoms with Gasteiger partial charge in [0.2, 0.25) is 17.7 Å². The van der Waals surface area contributed by atoms with Crippen LogP contribution in [0.3, 0.4) is 0 Å². The summed E-state index contributed by atoms with van der Waals surface area (Å²) in [4.78, 5) is 62.8. The summed E-state index contributed by atoms with van der Waals surface area (Å²) >= 11 is 7.90. The molecule has 0 aliphatic carbocycles. The van der Waals surface area contributed by atoms with Crippen molar-refractivity contribution in [1.82, 2.24) is 25.0 Å². The first-order chi connectivity index (χ1) is 31.0. The van der Waals surface area contributed by atoms with E-state index in [-0.39, 0.29) is 43.7 Å². The molecule has 16 nitrogen and oxygen atoms in total. The summed E-state index contributed by atoms with van der Waals surface area (Å²) in [5, 5.41) is 15.8. The number of hydrogen-bond acceptors (Lipinski definition) is 13. The second kappa shape index (κ2) is 20.2. The van der Waals surface area contributed by atoms with Gasteiger partial charge in [0.25, 0.3) is 5.91 Å². The summed E-state index contributed by atoms with van der Waals surface area (Å²) in [5.41, 5.74) is 6.33. The number of aromatic nitrogens is 3. The van der Waals surface area contributed by atoms with Gasteiger partial charge in [0, 0.05) is 57.0 Å². The predicted molar refractivity (Wildman–Crippen MR) is 242 cm³/mol. The van der Waals surface area contributed by atoms with Crippen LogP contribution in [-0.2, 0) is 35.1 Å². The molecule has 2 N–H and O–H groups in total. The van der Waals surface area contributed by atoms with Gasteiger partial charge in [0.15, 0.2) is 5.82 Å². The molecule has 2 aromatic heterocycles. The van der Waals surface area contributed by atoms with Crippen LogP contribution in [0.15, 0.2) is 76.7 Å². The predicted octanol–water partition coefficient (Wildman–Crippen LogP) is 6.42. The topological polar surface area (TPSA) is 188 Å². The number of nitrogens with one attached hydrogen (secondary N) is 2. The van der Waals surface area contributed by atoms with Crippen LogP contribution < -0.4 is 15.4 Å². The summed E-state index contributed by atoms with van der Waals surface area (Å²) < 4.78 is 24.7. The Bertz CT molecular complexity index is 2610. The normalized spacial score (nSPS) is 16.9. The van der Waals surface area contributed by atoms with Gasteiger partial charge in [-0.1, -0.05) is 29.8 Å². The molecule has 5 heterocycles. The Labute approximate surface area is 378 Å². The van der Waals surface area contributed by atoms with Crippen molar-refractivity contribution in [3.63, 3.8) is 0 Å². The van der Waals surface area contributed by atoms with Crippen molar-refractivity contribution in [3.8, 4) is 10.8 Å². The minimum Gasteiger partial charge on any atom is -0.491 e. The van der Waals surface area contributed by atoms with Crippen LogP contribution in [-0.4, -0.2) is 108 Å². The van der Waals surface area contributed by atoms with Gasteiger partial charge in [0.1, 0.15) is 35.3 Å². The van der Waals surface area contributed by atoms with Crippen molar-refractivity contribution in [1.29, 1.82) is 0 Å². The number of carbonyl (C=O) groups is 4. The second-order valence-electron chi connectivity index (χ2n) is 15.3. The molecule has 0 saturated carbocycles. The number of anilines is 1. The highest BCUT2D eigenvalue weighted by Crippen LogP contribution is 2.40. The number of imide groups is 1. The first-order valence-electron chi connectivity index (χ1n) is 21.0. The van der Waals surface area contributed by atoms with Crippen LogP contribution in [0.5, 0.6) is 5.75 Å². The molecule has 3 aliphatic heterocycles. The lowest BCUT2D eigenvalue weighted by molar-refractivity contribution is -0.137.